The molecule has 5 rings (SSSR count). The quantitative estimate of drug-likeness (QED) is 0.469. The average Bonchev–Trinajstić information content (AvgIpc) is 3.10. The average molecular weight is 415 g/mol. The molecule has 0 spiro atoms. The van der Waals surface area contributed by atoms with Crippen molar-refractivity contribution in [3.63, 3.8) is 0 Å². The van der Waals surface area contributed by atoms with Gasteiger partial charge >= 0.3 is 11.8 Å². The molecule has 0 bridgehead atoms. The number of fused-ring (bicyclic) bond motifs is 3. The zero-order valence-corrected chi connectivity index (χ0v) is 15.6. The van der Waals surface area contributed by atoms with Crippen LogP contribution in [0.15, 0.2) is 48.5 Å². The minimum Gasteiger partial charge on any atom is -0.842 e. The van der Waals surface area contributed by atoms with Crippen LogP contribution in [0.1, 0.15) is 5.56 Å². The smallest absolute Gasteiger partial charge is 0.416 e. The van der Waals surface area contributed by atoms with Gasteiger partial charge < -0.3 is 14.7 Å². The number of ether oxygens (including phenoxy) is 1. The van der Waals surface area contributed by atoms with Gasteiger partial charge in [-0.1, -0.05) is 17.1 Å². The summed E-state index contributed by atoms with van der Waals surface area (Å²) in [6.45, 7) is 2.43. The highest BCUT2D eigenvalue weighted by Gasteiger charge is 2.31. The number of nitrogens with zero attached hydrogens (tertiary/aromatic N) is 5. The van der Waals surface area contributed by atoms with Gasteiger partial charge in [-0.3, -0.25) is 0 Å². The first-order valence-electron chi connectivity index (χ1n) is 9.34. The Hall–Kier alpha value is -3.40. The fraction of sp³-hybridized carbons (Fsp3) is 0.250. The van der Waals surface area contributed by atoms with E-state index in [1.54, 1.807) is 0 Å². The molecule has 0 atom stereocenters. The lowest BCUT2D eigenvalue weighted by atomic mass is 10.2. The van der Waals surface area contributed by atoms with Crippen molar-refractivity contribution in [2.75, 3.05) is 31.2 Å². The van der Waals surface area contributed by atoms with Crippen molar-refractivity contribution >= 4 is 22.4 Å². The Morgan fingerprint density at radius 1 is 1.00 bits per heavy atom. The molecule has 30 heavy (non-hydrogen) atoms. The molecule has 1 fully saturated rings. The molecule has 1 aliphatic heterocycles. The molecule has 3 heterocycles. The van der Waals surface area contributed by atoms with Gasteiger partial charge in [-0.05, 0) is 36.4 Å². The molecule has 0 amide bonds. The summed E-state index contributed by atoms with van der Waals surface area (Å²) in [6.07, 6.45) is -4.45. The number of hydrogen-bond acceptors (Lipinski definition) is 5. The van der Waals surface area contributed by atoms with Crippen molar-refractivity contribution in [1.82, 2.24) is 14.9 Å². The number of benzene rings is 2. The van der Waals surface area contributed by atoms with E-state index < -0.39 is 17.6 Å². The van der Waals surface area contributed by atoms with E-state index in [9.17, 15) is 18.3 Å². The van der Waals surface area contributed by atoms with Crippen LogP contribution in [-0.2, 0) is 10.9 Å². The number of alkyl halides is 3. The second kappa shape index (κ2) is 6.84. The number of anilines is 1. The lowest BCUT2D eigenvalue weighted by Gasteiger charge is -2.26. The monoisotopic (exact) mass is 415 g/mol. The van der Waals surface area contributed by atoms with Gasteiger partial charge in [-0.2, -0.15) is 13.2 Å². The summed E-state index contributed by atoms with van der Waals surface area (Å²) in [5.41, 5.74) is 0.235. The summed E-state index contributed by atoms with van der Waals surface area (Å²) < 4.78 is 46.5. The Labute approximate surface area is 168 Å². The third-order valence-electron chi connectivity index (χ3n) is 5.10. The molecule has 0 N–H and O–H groups in total. The number of para-hydroxylation sites is 1. The zero-order valence-electron chi connectivity index (χ0n) is 15.6. The van der Waals surface area contributed by atoms with Crippen LogP contribution in [0.4, 0.5) is 19.0 Å². The third kappa shape index (κ3) is 3.00. The molecule has 10 heteroatoms. The van der Waals surface area contributed by atoms with Crippen LogP contribution in [0.25, 0.3) is 22.2 Å². The van der Waals surface area contributed by atoms with E-state index in [0.717, 1.165) is 22.2 Å². The van der Waals surface area contributed by atoms with Crippen LogP contribution < -0.4 is 14.5 Å². The Kier molecular flexibility index (Phi) is 4.24. The Balaban J connectivity index is 1.69. The molecule has 0 saturated carbocycles. The molecule has 7 nitrogen and oxygen atoms in total. The normalized spacial score (nSPS) is 15.2. The van der Waals surface area contributed by atoms with Crippen LogP contribution >= 0.6 is 0 Å². The summed E-state index contributed by atoms with van der Waals surface area (Å²) in [4.78, 5) is 6.64. The van der Waals surface area contributed by atoms with E-state index in [-0.39, 0.29) is 11.3 Å². The van der Waals surface area contributed by atoms with Gasteiger partial charge in [0.15, 0.2) is 0 Å². The fourth-order valence-electron chi connectivity index (χ4n) is 3.60. The van der Waals surface area contributed by atoms with Gasteiger partial charge in [0.1, 0.15) is 17.1 Å². The first-order chi connectivity index (χ1) is 14.4. The molecule has 1 aliphatic rings. The van der Waals surface area contributed by atoms with E-state index in [0.29, 0.717) is 37.6 Å². The van der Waals surface area contributed by atoms with Gasteiger partial charge in [-0.25, -0.2) is 0 Å². The Bertz CT molecular complexity index is 1230. The van der Waals surface area contributed by atoms with Crippen molar-refractivity contribution in [1.29, 1.82) is 0 Å². The number of halogens is 3. The highest BCUT2D eigenvalue weighted by Crippen LogP contribution is 2.30. The maximum Gasteiger partial charge on any atom is 0.416 e. The SMILES string of the molecule is [O-]c1c2nc(N3CCOCC3)c3ccccc3[n+]2nn1-c1ccc(C(F)(F)F)cc1. The number of rotatable bonds is 2. The van der Waals surface area contributed by atoms with Gasteiger partial charge in [0, 0.05) is 18.3 Å². The van der Waals surface area contributed by atoms with Crippen molar-refractivity contribution in [2.24, 2.45) is 0 Å². The number of morpholine rings is 1. The first kappa shape index (κ1) is 18.6. The molecule has 1 saturated heterocycles. The van der Waals surface area contributed by atoms with Gasteiger partial charge in [0.05, 0.1) is 24.2 Å². The van der Waals surface area contributed by atoms with E-state index in [4.69, 9.17) is 4.74 Å². The molecule has 2 aromatic carbocycles. The summed E-state index contributed by atoms with van der Waals surface area (Å²) in [5.74, 6) is 0.160. The summed E-state index contributed by atoms with van der Waals surface area (Å²) >= 11 is 0. The van der Waals surface area contributed by atoms with Gasteiger partial charge in [-0.15, -0.1) is 9.20 Å². The Morgan fingerprint density at radius 2 is 1.70 bits per heavy atom. The molecule has 0 aliphatic carbocycles. The second-order valence-electron chi connectivity index (χ2n) is 6.94. The van der Waals surface area contributed by atoms with Crippen molar-refractivity contribution in [3.05, 3.63) is 54.1 Å². The highest BCUT2D eigenvalue weighted by molar-refractivity contribution is 5.88. The third-order valence-corrected chi connectivity index (χ3v) is 5.10. The van der Waals surface area contributed by atoms with E-state index in [1.165, 1.54) is 16.6 Å². The van der Waals surface area contributed by atoms with E-state index >= 15 is 0 Å². The molecule has 0 radical (unpaired) electrons. The molecule has 154 valence electrons. The van der Waals surface area contributed by atoms with Gasteiger partial charge in [0.25, 0.3) is 0 Å². The van der Waals surface area contributed by atoms with Crippen molar-refractivity contribution in [3.8, 4) is 11.6 Å². The van der Waals surface area contributed by atoms with E-state index in [1.807, 2.05) is 24.3 Å². The maximum absolute atomic E-state index is 13.0. The van der Waals surface area contributed by atoms with Crippen LogP contribution in [0.3, 0.4) is 0 Å². The standard InChI is InChI=1S/C20H16F3N5O2/c21-20(22,23)13-5-7-14(8-6-13)27-19(29)18-24-17(26-9-11-30-12-10-26)15-3-1-2-4-16(15)28(18)25-27/h1-8H,9-12H2. The lowest BCUT2D eigenvalue weighted by Crippen LogP contribution is -2.38. The predicted octanol–water partition coefficient (Wildman–Crippen LogP) is 2.09. The van der Waals surface area contributed by atoms with Crippen molar-refractivity contribution < 1.29 is 27.5 Å². The van der Waals surface area contributed by atoms with Crippen LogP contribution in [-0.4, -0.2) is 41.2 Å². The molecule has 0 unspecified atom stereocenters. The highest BCUT2D eigenvalue weighted by atomic mass is 19.4. The van der Waals surface area contributed by atoms with Crippen LogP contribution in [0.5, 0.6) is 5.88 Å². The largest absolute Gasteiger partial charge is 0.842 e. The molecular formula is C20H16F3N5O2. The molecule has 4 aromatic rings. The minimum atomic E-state index is -4.45. The summed E-state index contributed by atoms with van der Waals surface area (Å²) in [7, 11) is 0. The molecule has 2 aromatic heterocycles. The fourth-order valence-corrected chi connectivity index (χ4v) is 3.60. The lowest BCUT2D eigenvalue weighted by molar-refractivity contribution is -0.558. The second-order valence-corrected chi connectivity index (χ2v) is 6.94. The zero-order chi connectivity index (χ0) is 20.9. The van der Waals surface area contributed by atoms with Crippen molar-refractivity contribution in [2.45, 2.75) is 6.18 Å². The predicted molar refractivity (Wildman–Crippen MR) is 99.5 cm³/mol. The minimum absolute atomic E-state index is 0.107. The topological polar surface area (TPSA) is 70.3 Å². The van der Waals surface area contributed by atoms with Crippen LogP contribution in [0, 0.1) is 0 Å². The van der Waals surface area contributed by atoms with E-state index in [2.05, 4.69) is 15.1 Å². The number of aromatic nitrogens is 4. The molecular weight excluding hydrogens is 399 g/mol. The Morgan fingerprint density at radius 3 is 2.40 bits per heavy atom. The van der Waals surface area contributed by atoms with Gasteiger partial charge in [0.2, 0.25) is 5.82 Å². The maximum atomic E-state index is 13.0. The summed E-state index contributed by atoms with van der Waals surface area (Å²) in [5, 5.41) is 18.2. The summed E-state index contributed by atoms with van der Waals surface area (Å²) in [6, 6.07) is 11.7. The first-order valence-corrected chi connectivity index (χ1v) is 9.34. The number of hydrogen-bond donors (Lipinski definition) is 0. The van der Waals surface area contributed by atoms with Crippen LogP contribution in [0.2, 0.25) is 0 Å².